The fourth-order valence-electron chi connectivity index (χ4n) is 2.04. The number of hydrogen-bond acceptors (Lipinski definition) is 1. The summed E-state index contributed by atoms with van der Waals surface area (Å²) < 4.78 is 0. The molecule has 1 heterocycles. The summed E-state index contributed by atoms with van der Waals surface area (Å²) in [5.41, 5.74) is 9.35. The van der Waals surface area contributed by atoms with E-state index in [2.05, 4.69) is 11.9 Å². The Morgan fingerprint density at radius 2 is 2.06 bits per heavy atom. The molecule has 3 N–H and O–H groups in total. The van der Waals surface area contributed by atoms with Crippen LogP contribution in [0.2, 0.25) is 5.02 Å². The predicted molar refractivity (Wildman–Crippen MR) is 70.0 cm³/mol. The highest BCUT2D eigenvalue weighted by Gasteiger charge is 2.16. The molecule has 2 aromatic rings. The van der Waals surface area contributed by atoms with E-state index in [1.807, 2.05) is 32.2 Å². The van der Waals surface area contributed by atoms with Gasteiger partial charge in [-0.2, -0.15) is 0 Å². The molecule has 1 aromatic heterocycles. The van der Waals surface area contributed by atoms with Gasteiger partial charge in [-0.25, -0.2) is 0 Å². The van der Waals surface area contributed by atoms with Crippen LogP contribution in [-0.2, 0) is 6.42 Å². The maximum absolute atomic E-state index is 6.24. The summed E-state index contributed by atoms with van der Waals surface area (Å²) in [4.78, 5) is 3.28. The molecule has 0 amide bonds. The smallest absolute Gasteiger partial charge is 0.0502 e. The lowest BCUT2D eigenvalue weighted by atomic mass is 9.95. The van der Waals surface area contributed by atoms with Crippen molar-refractivity contribution in [1.29, 1.82) is 0 Å². The van der Waals surface area contributed by atoms with Gasteiger partial charge in [0.15, 0.2) is 0 Å². The van der Waals surface area contributed by atoms with E-state index in [9.17, 15) is 0 Å². The zero-order valence-corrected chi connectivity index (χ0v) is 10.7. The highest BCUT2D eigenvalue weighted by Crippen LogP contribution is 2.30. The van der Waals surface area contributed by atoms with E-state index < -0.39 is 0 Å². The molecule has 3 heteroatoms. The van der Waals surface area contributed by atoms with Gasteiger partial charge in [-0.15, -0.1) is 0 Å². The third-order valence-electron chi connectivity index (χ3n) is 2.72. The topological polar surface area (TPSA) is 41.8 Å². The lowest BCUT2D eigenvalue weighted by molar-refractivity contribution is 0.518. The van der Waals surface area contributed by atoms with Crippen molar-refractivity contribution in [3.63, 3.8) is 0 Å². The van der Waals surface area contributed by atoms with Crippen molar-refractivity contribution >= 4 is 22.5 Å². The number of H-pyrrole nitrogens is 1. The van der Waals surface area contributed by atoms with Crippen molar-refractivity contribution in [2.45, 2.75) is 32.7 Å². The second-order valence-electron chi connectivity index (χ2n) is 5.09. The van der Waals surface area contributed by atoms with Gasteiger partial charge in [0.05, 0.1) is 10.5 Å². The number of fused-ring (bicyclic) bond motifs is 1. The number of aromatic amines is 1. The van der Waals surface area contributed by atoms with Gasteiger partial charge >= 0.3 is 0 Å². The largest absolute Gasteiger partial charge is 0.361 e. The molecule has 0 atom stereocenters. The molecule has 2 rings (SSSR count). The van der Waals surface area contributed by atoms with E-state index in [0.717, 1.165) is 22.3 Å². The number of aryl methyl sites for hydroxylation is 1. The van der Waals surface area contributed by atoms with E-state index in [4.69, 9.17) is 17.3 Å². The van der Waals surface area contributed by atoms with Gasteiger partial charge in [0, 0.05) is 17.1 Å². The molecule has 86 valence electrons. The molecule has 0 radical (unpaired) electrons. The first kappa shape index (κ1) is 11.5. The van der Waals surface area contributed by atoms with E-state index in [0.29, 0.717) is 0 Å². The zero-order chi connectivity index (χ0) is 11.9. The van der Waals surface area contributed by atoms with Crippen LogP contribution in [-0.4, -0.2) is 10.5 Å². The number of nitrogens with one attached hydrogen (secondary N) is 1. The first-order valence-corrected chi connectivity index (χ1v) is 5.80. The van der Waals surface area contributed by atoms with Gasteiger partial charge in [0.25, 0.3) is 0 Å². The average molecular weight is 237 g/mol. The molecule has 0 aliphatic heterocycles. The van der Waals surface area contributed by atoms with Crippen molar-refractivity contribution in [2.24, 2.45) is 5.73 Å². The minimum Gasteiger partial charge on any atom is -0.361 e. The minimum atomic E-state index is -0.220. The number of rotatable bonds is 2. The Labute approximate surface area is 101 Å². The third kappa shape index (κ3) is 2.08. The Hall–Kier alpha value is -0.990. The maximum atomic E-state index is 6.24. The normalized spacial score (nSPS) is 12.3. The summed E-state index contributed by atoms with van der Waals surface area (Å²) in [5, 5.41) is 1.90. The Morgan fingerprint density at radius 3 is 2.69 bits per heavy atom. The van der Waals surface area contributed by atoms with E-state index in [1.165, 1.54) is 11.1 Å². The molecule has 0 spiro atoms. The quantitative estimate of drug-likeness (QED) is 0.825. The molecule has 0 unspecified atom stereocenters. The molecule has 0 saturated carbocycles. The van der Waals surface area contributed by atoms with Crippen LogP contribution in [0, 0.1) is 6.92 Å². The standard InChI is InChI=1S/C13H17ClN2/c1-8-4-5-10(14)11-9(6-13(2,3)15)7-16-12(8)11/h4-5,7,16H,6,15H2,1-3H3. The predicted octanol–water partition coefficient (Wildman–Crippen LogP) is 3.41. The molecule has 0 aliphatic carbocycles. The third-order valence-corrected chi connectivity index (χ3v) is 3.04. The highest BCUT2D eigenvalue weighted by atomic mass is 35.5. The summed E-state index contributed by atoms with van der Waals surface area (Å²) in [5.74, 6) is 0. The highest BCUT2D eigenvalue weighted by molar-refractivity contribution is 6.35. The molecule has 0 fully saturated rings. The molecular formula is C13H17ClN2. The fraction of sp³-hybridized carbons (Fsp3) is 0.385. The number of halogens is 1. The number of aromatic nitrogens is 1. The lowest BCUT2D eigenvalue weighted by Crippen LogP contribution is -2.34. The van der Waals surface area contributed by atoms with Gasteiger partial charge in [-0.3, -0.25) is 0 Å². The van der Waals surface area contributed by atoms with Crippen LogP contribution in [0.3, 0.4) is 0 Å². The molecule has 0 saturated heterocycles. The number of nitrogens with two attached hydrogens (primary N) is 1. The zero-order valence-electron chi connectivity index (χ0n) is 9.89. The Kier molecular flexibility index (Phi) is 2.72. The van der Waals surface area contributed by atoms with Crippen LogP contribution in [0.25, 0.3) is 10.9 Å². The molecule has 0 aliphatic rings. The second-order valence-corrected chi connectivity index (χ2v) is 5.50. The van der Waals surface area contributed by atoms with Gasteiger partial charge in [0.2, 0.25) is 0 Å². The molecular weight excluding hydrogens is 220 g/mol. The Bertz CT molecular complexity index is 520. The van der Waals surface area contributed by atoms with E-state index >= 15 is 0 Å². The average Bonchev–Trinajstić information content (AvgIpc) is 2.54. The first-order valence-electron chi connectivity index (χ1n) is 5.42. The fourth-order valence-corrected chi connectivity index (χ4v) is 2.32. The Morgan fingerprint density at radius 1 is 1.38 bits per heavy atom. The SMILES string of the molecule is Cc1ccc(Cl)c2c(CC(C)(C)N)c[nH]c12. The summed E-state index contributed by atoms with van der Waals surface area (Å²) in [6, 6.07) is 3.97. The summed E-state index contributed by atoms with van der Waals surface area (Å²) >= 11 is 6.24. The summed E-state index contributed by atoms with van der Waals surface area (Å²) in [7, 11) is 0. The molecule has 16 heavy (non-hydrogen) atoms. The van der Waals surface area contributed by atoms with Crippen LogP contribution in [0.15, 0.2) is 18.3 Å². The van der Waals surface area contributed by atoms with Gasteiger partial charge < -0.3 is 10.7 Å². The van der Waals surface area contributed by atoms with E-state index in [-0.39, 0.29) is 5.54 Å². The maximum Gasteiger partial charge on any atom is 0.0502 e. The van der Waals surface area contributed by atoms with Crippen LogP contribution in [0.4, 0.5) is 0 Å². The monoisotopic (exact) mass is 236 g/mol. The van der Waals surface area contributed by atoms with Crippen molar-refractivity contribution < 1.29 is 0 Å². The van der Waals surface area contributed by atoms with Crippen LogP contribution in [0.1, 0.15) is 25.0 Å². The van der Waals surface area contributed by atoms with Crippen LogP contribution in [0.5, 0.6) is 0 Å². The van der Waals surface area contributed by atoms with Crippen molar-refractivity contribution in [1.82, 2.24) is 4.98 Å². The first-order chi connectivity index (χ1) is 7.38. The van der Waals surface area contributed by atoms with Gasteiger partial charge in [-0.1, -0.05) is 17.7 Å². The van der Waals surface area contributed by atoms with Crippen LogP contribution >= 0.6 is 11.6 Å². The second kappa shape index (κ2) is 3.79. The van der Waals surface area contributed by atoms with Gasteiger partial charge in [0.1, 0.15) is 0 Å². The van der Waals surface area contributed by atoms with Gasteiger partial charge in [-0.05, 0) is 44.4 Å². The molecule has 1 aromatic carbocycles. The van der Waals surface area contributed by atoms with Crippen molar-refractivity contribution in [3.05, 3.63) is 34.5 Å². The van der Waals surface area contributed by atoms with Crippen LogP contribution < -0.4 is 5.73 Å². The summed E-state index contributed by atoms with van der Waals surface area (Å²) in [6.45, 7) is 6.12. The molecule has 0 bridgehead atoms. The minimum absolute atomic E-state index is 0.220. The number of benzene rings is 1. The lowest BCUT2D eigenvalue weighted by Gasteiger charge is -2.17. The van der Waals surface area contributed by atoms with E-state index in [1.54, 1.807) is 0 Å². The summed E-state index contributed by atoms with van der Waals surface area (Å²) in [6.07, 6.45) is 2.83. The van der Waals surface area contributed by atoms with Crippen molar-refractivity contribution in [2.75, 3.05) is 0 Å². The van der Waals surface area contributed by atoms with Crippen molar-refractivity contribution in [3.8, 4) is 0 Å². The molecule has 2 nitrogen and oxygen atoms in total. The number of hydrogen-bond donors (Lipinski definition) is 2. The Balaban J connectivity index is 2.60.